The van der Waals surface area contributed by atoms with E-state index in [2.05, 4.69) is 27.7 Å². The molecule has 0 spiro atoms. The van der Waals surface area contributed by atoms with Gasteiger partial charge in [-0.2, -0.15) is 0 Å². The molecule has 86 valence electrons. The number of thiophene rings is 1. The average Bonchev–Trinajstić information content (AvgIpc) is 2.49. The van der Waals surface area contributed by atoms with Gasteiger partial charge in [0.15, 0.2) is 0 Å². The molecular weight excluding hydrogens is 247 g/mol. The minimum Gasteiger partial charge on any atom is -0.146 e. The topological polar surface area (TPSA) is 0 Å². The second-order valence-corrected chi connectivity index (χ2v) is 6.98. The van der Waals surface area contributed by atoms with Crippen molar-refractivity contribution < 1.29 is 0 Å². The molecule has 0 saturated heterocycles. The van der Waals surface area contributed by atoms with Gasteiger partial charge in [0.2, 0.25) is 0 Å². The Morgan fingerprint density at radius 3 is 2.40 bits per heavy atom. The number of hydrogen-bond donors (Lipinski definition) is 0. The molecular formula is C12H18Cl2S. The second-order valence-electron chi connectivity index (χ2n) is 5.10. The molecule has 0 saturated carbocycles. The molecule has 2 atom stereocenters. The first-order valence-corrected chi connectivity index (χ1v) is 6.88. The van der Waals surface area contributed by atoms with E-state index in [-0.39, 0.29) is 5.38 Å². The zero-order chi connectivity index (χ0) is 11.6. The molecule has 1 heterocycles. The SMILES string of the molecule is CC(CC(Cl)c1sccc1Cl)C(C)(C)C. The molecule has 15 heavy (non-hydrogen) atoms. The van der Waals surface area contributed by atoms with Crippen molar-refractivity contribution in [3.05, 3.63) is 21.3 Å². The molecule has 0 aliphatic rings. The quantitative estimate of drug-likeness (QED) is 0.610. The van der Waals surface area contributed by atoms with Gasteiger partial charge >= 0.3 is 0 Å². The highest BCUT2D eigenvalue weighted by atomic mass is 35.5. The minimum absolute atomic E-state index is 0.0479. The average molecular weight is 265 g/mol. The maximum Gasteiger partial charge on any atom is 0.0696 e. The van der Waals surface area contributed by atoms with Crippen LogP contribution in [0.2, 0.25) is 5.02 Å². The van der Waals surface area contributed by atoms with Crippen molar-refractivity contribution in [1.29, 1.82) is 0 Å². The molecule has 0 bridgehead atoms. The van der Waals surface area contributed by atoms with E-state index in [0.29, 0.717) is 11.3 Å². The van der Waals surface area contributed by atoms with Gasteiger partial charge in [-0.1, -0.05) is 39.3 Å². The fourth-order valence-corrected chi connectivity index (χ4v) is 3.07. The standard InChI is InChI=1S/C12H18Cl2S/c1-8(12(2,3)4)7-10(14)11-9(13)5-6-15-11/h5-6,8,10H,7H2,1-4H3. The fraction of sp³-hybridized carbons (Fsp3) is 0.667. The molecule has 0 amide bonds. The van der Waals surface area contributed by atoms with Crippen LogP contribution in [0.25, 0.3) is 0 Å². The lowest BCUT2D eigenvalue weighted by molar-refractivity contribution is 0.245. The molecule has 0 aromatic carbocycles. The molecule has 3 heteroatoms. The third-order valence-electron chi connectivity index (χ3n) is 2.97. The maximum absolute atomic E-state index is 6.38. The van der Waals surface area contributed by atoms with E-state index in [1.54, 1.807) is 11.3 Å². The van der Waals surface area contributed by atoms with Crippen molar-refractivity contribution in [2.45, 2.75) is 39.5 Å². The maximum atomic E-state index is 6.38. The Kier molecular flexibility index (Phi) is 4.51. The highest BCUT2D eigenvalue weighted by Crippen LogP contribution is 2.40. The van der Waals surface area contributed by atoms with Gasteiger partial charge in [-0.3, -0.25) is 0 Å². The van der Waals surface area contributed by atoms with E-state index in [0.717, 1.165) is 16.3 Å². The van der Waals surface area contributed by atoms with Crippen LogP contribution in [-0.2, 0) is 0 Å². The molecule has 2 unspecified atom stereocenters. The van der Waals surface area contributed by atoms with Crippen LogP contribution in [0.15, 0.2) is 11.4 Å². The van der Waals surface area contributed by atoms with Crippen LogP contribution in [0, 0.1) is 11.3 Å². The highest BCUT2D eigenvalue weighted by Gasteiger charge is 2.24. The Balaban J connectivity index is 2.64. The molecule has 1 aromatic heterocycles. The molecule has 1 rings (SSSR count). The van der Waals surface area contributed by atoms with E-state index < -0.39 is 0 Å². The summed E-state index contributed by atoms with van der Waals surface area (Å²) >= 11 is 14.1. The van der Waals surface area contributed by atoms with E-state index in [1.807, 2.05) is 11.4 Å². The predicted molar refractivity (Wildman–Crippen MR) is 71.2 cm³/mol. The first-order chi connectivity index (χ1) is 6.82. The van der Waals surface area contributed by atoms with Crippen molar-refractivity contribution >= 4 is 34.5 Å². The lowest BCUT2D eigenvalue weighted by Gasteiger charge is -2.28. The first kappa shape index (κ1) is 13.3. The van der Waals surface area contributed by atoms with Crippen LogP contribution >= 0.6 is 34.5 Å². The minimum atomic E-state index is 0.0479. The Morgan fingerprint density at radius 2 is 2.00 bits per heavy atom. The van der Waals surface area contributed by atoms with Gasteiger partial charge in [0.1, 0.15) is 0 Å². The largest absolute Gasteiger partial charge is 0.146 e. The van der Waals surface area contributed by atoms with Gasteiger partial charge in [-0.15, -0.1) is 22.9 Å². The normalized spacial score (nSPS) is 16.4. The Morgan fingerprint density at radius 1 is 1.40 bits per heavy atom. The lowest BCUT2D eigenvalue weighted by Crippen LogP contribution is -2.18. The van der Waals surface area contributed by atoms with Crippen LogP contribution in [-0.4, -0.2) is 0 Å². The second kappa shape index (κ2) is 5.07. The number of alkyl halides is 1. The number of halogens is 2. The summed E-state index contributed by atoms with van der Waals surface area (Å²) in [5.74, 6) is 0.582. The van der Waals surface area contributed by atoms with Crippen molar-refractivity contribution in [3.8, 4) is 0 Å². The summed E-state index contributed by atoms with van der Waals surface area (Å²) in [6.45, 7) is 8.99. The Labute approximate surface area is 107 Å². The number of hydrogen-bond acceptors (Lipinski definition) is 1. The zero-order valence-corrected chi connectivity index (χ0v) is 12.0. The summed E-state index contributed by atoms with van der Waals surface area (Å²) in [5.41, 5.74) is 0.302. The molecule has 0 aliphatic carbocycles. The Hall–Kier alpha value is 0.280. The summed E-state index contributed by atoms with van der Waals surface area (Å²) < 4.78 is 0. The van der Waals surface area contributed by atoms with Gasteiger partial charge in [0, 0.05) is 4.88 Å². The van der Waals surface area contributed by atoms with Crippen molar-refractivity contribution in [3.63, 3.8) is 0 Å². The van der Waals surface area contributed by atoms with Gasteiger partial charge in [0.25, 0.3) is 0 Å². The van der Waals surface area contributed by atoms with Gasteiger partial charge in [0.05, 0.1) is 10.4 Å². The van der Waals surface area contributed by atoms with Crippen LogP contribution in [0.1, 0.15) is 44.4 Å². The zero-order valence-electron chi connectivity index (χ0n) is 9.68. The molecule has 0 aliphatic heterocycles. The van der Waals surface area contributed by atoms with Crippen molar-refractivity contribution in [2.24, 2.45) is 11.3 Å². The van der Waals surface area contributed by atoms with E-state index in [9.17, 15) is 0 Å². The first-order valence-electron chi connectivity index (χ1n) is 5.19. The summed E-state index contributed by atoms with van der Waals surface area (Å²) in [7, 11) is 0. The van der Waals surface area contributed by atoms with Crippen LogP contribution in [0.3, 0.4) is 0 Å². The van der Waals surface area contributed by atoms with Crippen LogP contribution in [0.5, 0.6) is 0 Å². The molecule has 0 fully saturated rings. The summed E-state index contributed by atoms with van der Waals surface area (Å²) in [5, 5.41) is 2.85. The number of rotatable bonds is 3. The van der Waals surface area contributed by atoms with E-state index in [1.165, 1.54) is 0 Å². The summed E-state index contributed by atoms with van der Waals surface area (Å²) in [4.78, 5) is 1.11. The predicted octanol–water partition coefficient (Wildman–Crippen LogP) is 5.75. The molecule has 0 N–H and O–H groups in total. The monoisotopic (exact) mass is 264 g/mol. The van der Waals surface area contributed by atoms with Crippen molar-refractivity contribution in [1.82, 2.24) is 0 Å². The lowest BCUT2D eigenvalue weighted by atomic mass is 9.79. The summed E-state index contributed by atoms with van der Waals surface area (Å²) in [6, 6.07) is 1.92. The van der Waals surface area contributed by atoms with Crippen LogP contribution < -0.4 is 0 Å². The van der Waals surface area contributed by atoms with Gasteiger partial charge < -0.3 is 0 Å². The van der Waals surface area contributed by atoms with Crippen molar-refractivity contribution in [2.75, 3.05) is 0 Å². The van der Waals surface area contributed by atoms with Gasteiger partial charge in [-0.25, -0.2) is 0 Å². The highest BCUT2D eigenvalue weighted by molar-refractivity contribution is 7.11. The van der Waals surface area contributed by atoms with Crippen LogP contribution in [0.4, 0.5) is 0 Å². The van der Waals surface area contributed by atoms with E-state index in [4.69, 9.17) is 23.2 Å². The molecule has 0 nitrogen and oxygen atoms in total. The smallest absolute Gasteiger partial charge is 0.0696 e. The van der Waals surface area contributed by atoms with E-state index >= 15 is 0 Å². The molecule has 0 radical (unpaired) electrons. The Bertz CT molecular complexity index is 312. The van der Waals surface area contributed by atoms with Gasteiger partial charge in [-0.05, 0) is 29.2 Å². The molecule has 1 aromatic rings. The fourth-order valence-electron chi connectivity index (χ4n) is 1.30. The third-order valence-corrected chi connectivity index (χ3v) is 4.97. The third kappa shape index (κ3) is 3.65. The summed E-state index contributed by atoms with van der Waals surface area (Å²) in [6.07, 6.45) is 0.977.